The number of fused-ring (bicyclic) bond motifs is 1. The van der Waals surface area contributed by atoms with Gasteiger partial charge >= 0.3 is 5.97 Å². The molecule has 112 valence electrons. The van der Waals surface area contributed by atoms with Gasteiger partial charge in [0.05, 0.1) is 11.7 Å². The fourth-order valence-corrected chi connectivity index (χ4v) is 2.03. The van der Waals surface area contributed by atoms with Gasteiger partial charge in [-0.3, -0.25) is 4.79 Å². The predicted octanol–water partition coefficient (Wildman–Crippen LogP) is 0.283. The second-order valence-electron chi connectivity index (χ2n) is 4.52. The standard InChI is InChI=1S/C13H12N6O3/c20-12(10-8-1-2-14-11(8)17-6-16-10)15-3-4-19-5-9(13(21)22)18-7-19/h1-2,5-7H,3-4H2,(H,15,20)(H,21,22)(H,14,16,17). The number of hydrogen-bond acceptors (Lipinski definition) is 5. The molecule has 9 nitrogen and oxygen atoms in total. The Morgan fingerprint density at radius 3 is 2.95 bits per heavy atom. The van der Waals surface area contributed by atoms with Crippen LogP contribution in [0.4, 0.5) is 0 Å². The predicted molar refractivity (Wildman–Crippen MR) is 75.4 cm³/mol. The highest BCUT2D eigenvalue weighted by Gasteiger charge is 2.12. The van der Waals surface area contributed by atoms with Crippen LogP contribution in [0.3, 0.4) is 0 Å². The number of carboxylic acids is 1. The third-order valence-electron chi connectivity index (χ3n) is 3.08. The SMILES string of the molecule is O=C(O)c1cn(CCNC(=O)c2ncnc3[nH]ccc23)cn1. The quantitative estimate of drug-likeness (QED) is 0.621. The summed E-state index contributed by atoms with van der Waals surface area (Å²) in [5.41, 5.74) is 0.861. The number of H-pyrrole nitrogens is 1. The van der Waals surface area contributed by atoms with Crippen molar-refractivity contribution in [1.82, 2.24) is 29.8 Å². The number of aromatic nitrogens is 5. The van der Waals surface area contributed by atoms with E-state index in [-0.39, 0.29) is 11.6 Å². The zero-order chi connectivity index (χ0) is 15.5. The van der Waals surface area contributed by atoms with Gasteiger partial charge < -0.3 is 20.0 Å². The van der Waals surface area contributed by atoms with Gasteiger partial charge in [-0.15, -0.1) is 0 Å². The van der Waals surface area contributed by atoms with Crippen LogP contribution < -0.4 is 5.32 Å². The summed E-state index contributed by atoms with van der Waals surface area (Å²) in [5.74, 6) is -1.40. The number of carbonyl (C=O) groups is 2. The average molecular weight is 300 g/mol. The van der Waals surface area contributed by atoms with E-state index in [1.807, 2.05) is 0 Å². The summed E-state index contributed by atoms with van der Waals surface area (Å²) in [5, 5.41) is 12.2. The minimum absolute atomic E-state index is 0.0313. The Labute approximate surface area is 124 Å². The third kappa shape index (κ3) is 2.64. The topological polar surface area (TPSA) is 126 Å². The molecule has 3 rings (SSSR count). The summed E-state index contributed by atoms with van der Waals surface area (Å²) in [6.45, 7) is 0.734. The van der Waals surface area contributed by atoms with E-state index in [2.05, 4.69) is 25.3 Å². The van der Waals surface area contributed by atoms with Crippen LogP contribution in [0.25, 0.3) is 11.0 Å². The van der Waals surface area contributed by atoms with Crippen LogP contribution in [-0.2, 0) is 6.54 Å². The lowest BCUT2D eigenvalue weighted by molar-refractivity contribution is 0.0690. The fourth-order valence-electron chi connectivity index (χ4n) is 2.03. The minimum Gasteiger partial charge on any atom is -0.476 e. The molecular weight excluding hydrogens is 288 g/mol. The number of amides is 1. The molecule has 22 heavy (non-hydrogen) atoms. The first-order chi connectivity index (χ1) is 10.6. The Hall–Kier alpha value is -3.23. The molecule has 3 heterocycles. The summed E-state index contributed by atoms with van der Waals surface area (Å²) < 4.78 is 1.59. The molecule has 0 bridgehead atoms. The van der Waals surface area contributed by atoms with E-state index in [0.29, 0.717) is 29.8 Å². The molecule has 0 saturated carbocycles. The average Bonchev–Trinajstić information content (AvgIpc) is 3.15. The van der Waals surface area contributed by atoms with E-state index < -0.39 is 5.97 Å². The molecular formula is C13H12N6O3. The van der Waals surface area contributed by atoms with Crippen molar-refractivity contribution in [2.24, 2.45) is 0 Å². The van der Waals surface area contributed by atoms with Crippen molar-refractivity contribution in [3.05, 3.63) is 42.5 Å². The lowest BCUT2D eigenvalue weighted by Crippen LogP contribution is -2.28. The van der Waals surface area contributed by atoms with Crippen molar-refractivity contribution in [2.45, 2.75) is 6.54 Å². The zero-order valence-corrected chi connectivity index (χ0v) is 11.4. The molecule has 3 N–H and O–H groups in total. The molecule has 0 radical (unpaired) electrons. The van der Waals surface area contributed by atoms with Crippen molar-refractivity contribution < 1.29 is 14.7 Å². The molecule has 0 aliphatic heterocycles. The first kappa shape index (κ1) is 13.7. The number of rotatable bonds is 5. The molecule has 0 aromatic carbocycles. The van der Waals surface area contributed by atoms with Gasteiger partial charge in [0.25, 0.3) is 5.91 Å². The zero-order valence-electron chi connectivity index (χ0n) is 11.4. The molecule has 0 aliphatic rings. The molecule has 1 amide bonds. The highest BCUT2D eigenvalue weighted by atomic mass is 16.4. The maximum atomic E-state index is 12.1. The number of nitrogens with zero attached hydrogens (tertiary/aromatic N) is 4. The highest BCUT2D eigenvalue weighted by Crippen LogP contribution is 2.12. The molecule has 0 aliphatic carbocycles. The first-order valence-electron chi connectivity index (χ1n) is 6.46. The Morgan fingerprint density at radius 2 is 2.18 bits per heavy atom. The van der Waals surface area contributed by atoms with E-state index >= 15 is 0 Å². The normalized spacial score (nSPS) is 10.7. The van der Waals surface area contributed by atoms with Gasteiger partial charge in [0.15, 0.2) is 5.69 Å². The summed E-state index contributed by atoms with van der Waals surface area (Å²) in [4.78, 5) is 37.5. The van der Waals surface area contributed by atoms with E-state index in [1.54, 1.807) is 16.8 Å². The van der Waals surface area contributed by atoms with Crippen molar-refractivity contribution in [2.75, 3.05) is 6.54 Å². The van der Waals surface area contributed by atoms with E-state index in [0.717, 1.165) is 0 Å². The Kier molecular flexibility index (Phi) is 3.52. The van der Waals surface area contributed by atoms with Crippen LogP contribution in [0.5, 0.6) is 0 Å². The van der Waals surface area contributed by atoms with Crippen LogP contribution >= 0.6 is 0 Å². The maximum Gasteiger partial charge on any atom is 0.356 e. The number of aromatic amines is 1. The molecule has 0 saturated heterocycles. The van der Waals surface area contributed by atoms with Gasteiger partial charge in [0, 0.05) is 25.5 Å². The van der Waals surface area contributed by atoms with Gasteiger partial charge in [-0.2, -0.15) is 0 Å². The van der Waals surface area contributed by atoms with Crippen LogP contribution in [0.2, 0.25) is 0 Å². The summed E-state index contributed by atoms with van der Waals surface area (Å²) in [6.07, 6.45) is 5.83. The van der Waals surface area contributed by atoms with Crippen LogP contribution in [0.1, 0.15) is 21.0 Å². The van der Waals surface area contributed by atoms with Crippen molar-refractivity contribution >= 4 is 22.9 Å². The van der Waals surface area contributed by atoms with E-state index in [9.17, 15) is 9.59 Å². The smallest absolute Gasteiger partial charge is 0.356 e. The number of nitrogens with one attached hydrogen (secondary N) is 2. The Bertz CT molecular complexity index is 837. The number of carbonyl (C=O) groups excluding carboxylic acids is 1. The number of hydrogen-bond donors (Lipinski definition) is 3. The third-order valence-corrected chi connectivity index (χ3v) is 3.08. The van der Waals surface area contributed by atoms with Crippen LogP contribution in [0.15, 0.2) is 31.1 Å². The second-order valence-corrected chi connectivity index (χ2v) is 4.52. The molecule has 0 spiro atoms. The first-order valence-corrected chi connectivity index (χ1v) is 6.46. The molecule has 0 unspecified atom stereocenters. The molecule has 0 fully saturated rings. The van der Waals surface area contributed by atoms with Crippen LogP contribution in [0, 0.1) is 0 Å². The van der Waals surface area contributed by atoms with Crippen molar-refractivity contribution in [1.29, 1.82) is 0 Å². The van der Waals surface area contributed by atoms with Gasteiger partial charge in [-0.05, 0) is 6.07 Å². The summed E-state index contributed by atoms with van der Waals surface area (Å²) in [6, 6.07) is 1.74. The highest BCUT2D eigenvalue weighted by molar-refractivity contribution is 6.03. The number of imidazole rings is 1. The fraction of sp³-hybridized carbons (Fsp3) is 0.154. The number of carboxylic acid groups (broad SMARTS) is 1. The van der Waals surface area contributed by atoms with Crippen molar-refractivity contribution in [3.63, 3.8) is 0 Å². The van der Waals surface area contributed by atoms with Gasteiger partial charge in [-0.1, -0.05) is 0 Å². The van der Waals surface area contributed by atoms with E-state index in [4.69, 9.17) is 5.11 Å². The maximum absolute atomic E-state index is 12.1. The summed E-state index contributed by atoms with van der Waals surface area (Å²) in [7, 11) is 0. The second kappa shape index (κ2) is 5.64. The Morgan fingerprint density at radius 1 is 1.32 bits per heavy atom. The molecule has 3 aromatic heterocycles. The van der Waals surface area contributed by atoms with Gasteiger partial charge in [0.1, 0.15) is 17.7 Å². The lowest BCUT2D eigenvalue weighted by Gasteiger charge is -2.05. The lowest BCUT2D eigenvalue weighted by atomic mass is 10.2. The summed E-state index contributed by atoms with van der Waals surface area (Å²) >= 11 is 0. The molecule has 3 aromatic rings. The van der Waals surface area contributed by atoms with Crippen LogP contribution in [-0.4, -0.2) is 48.0 Å². The molecule has 9 heteroatoms. The monoisotopic (exact) mass is 300 g/mol. The van der Waals surface area contributed by atoms with Gasteiger partial charge in [0.2, 0.25) is 0 Å². The van der Waals surface area contributed by atoms with Crippen molar-refractivity contribution in [3.8, 4) is 0 Å². The van der Waals surface area contributed by atoms with E-state index in [1.165, 1.54) is 18.9 Å². The van der Waals surface area contributed by atoms with Gasteiger partial charge in [-0.25, -0.2) is 19.7 Å². The minimum atomic E-state index is -1.08. The number of aromatic carboxylic acids is 1. The largest absolute Gasteiger partial charge is 0.476 e. The Balaban J connectivity index is 1.62. The molecule has 0 atom stereocenters.